The van der Waals surface area contributed by atoms with Gasteiger partial charge in [-0.25, -0.2) is 9.79 Å². The minimum Gasteiger partial charge on any atom is -0.512 e. The largest absolute Gasteiger partial charge is 0.512 e. The number of rotatable bonds is 4. The molecule has 2 aromatic carbocycles. The molecule has 2 aromatic rings. The van der Waals surface area contributed by atoms with Crippen LogP contribution in [0.3, 0.4) is 0 Å². The number of allylic oxidation sites excluding steroid dienone is 1. The highest BCUT2D eigenvalue weighted by atomic mass is 35.5. The number of hydrogen-bond donors (Lipinski definition) is 1. The summed E-state index contributed by atoms with van der Waals surface area (Å²) in [4.78, 5) is 43.4. The van der Waals surface area contributed by atoms with Crippen LogP contribution < -0.4 is 0 Å². The summed E-state index contributed by atoms with van der Waals surface area (Å²) < 4.78 is 4.71. The van der Waals surface area contributed by atoms with Gasteiger partial charge in [0.05, 0.1) is 28.3 Å². The third kappa shape index (κ3) is 3.83. The van der Waals surface area contributed by atoms with E-state index in [2.05, 4.69) is 9.98 Å². The first-order valence-electron chi connectivity index (χ1n) is 8.48. The Kier molecular flexibility index (Phi) is 5.74. The summed E-state index contributed by atoms with van der Waals surface area (Å²) in [6.45, 7) is 1.31. The van der Waals surface area contributed by atoms with E-state index in [9.17, 15) is 24.8 Å². The van der Waals surface area contributed by atoms with E-state index in [0.717, 1.165) is 13.2 Å². The van der Waals surface area contributed by atoms with Gasteiger partial charge in [0.15, 0.2) is 5.84 Å². The first kappa shape index (κ1) is 20.9. The zero-order chi connectivity index (χ0) is 22.0. The van der Waals surface area contributed by atoms with Crippen molar-refractivity contribution in [3.8, 4) is 0 Å². The summed E-state index contributed by atoms with van der Waals surface area (Å²) in [5.41, 5.74) is 0.338. The maximum Gasteiger partial charge on any atom is 0.343 e. The predicted molar refractivity (Wildman–Crippen MR) is 109 cm³/mol. The van der Waals surface area contributed by atoms with Gasteiger partial charge in [-0.3, -0.25) is 14.9 Å². The molecule has 1 aliphatic heterocycles. The molecule has 152 valence electrons. The van der Waals surface area contributed by atoms with Gasteiger partial charge in [0, 0.05) is 23.3 Å². The normalized spacial score (nSPS) is 14.6. The zero-order valence-electron chi connectivity index (χ0n) is 15.7. The monoisotopic (exact) mass is 427 g/mol. The fourth-order valence-corrected chi connectivity index (χ4v) is 3.05. The molecule has 0 aromatic heterocycles. The van der Waals surface area contributed by atoms with E-state index < -0.39 is 16.8 Å². The number of nitro benzene ring substituents is 1. The molecule has 0 spiro atoms. The molecule has 0 fully saturated rings. The van der Waals surface area contributed by atoms with E-state index in [1.165, 1.54) is 19.1 Å². The molecule has 0 bridgehead atoms. The predicted octanol–water partition coefficient (Wildman–Crippen LogP) is 3.64. The summed E-state index contributed by atoms with van der Waals surface area (Å²) in [6, 6.07) is 10.1. The molecule has 0 unspecified atom stereocenters. The number of amidine groups is 1. The molecule has 9 nitrogen and oxygen atoms in total. The van der Waals surface area contributed by atoms with Crippen molar-refractivity contribution in [2.75, 3.05) is 7.11 Å². The molecular weight excluding hydrogens is 414 g/mol. The van der Waals surface area contributed by atoms with Gasteiger partial charge in [-0.05, 0) is 13.0 Å². The van der Waals surface area contributed by atoms with Crippen LogP contribution in [0, 0.1) is 10.1 Å². The number of carbonyl (C=O) groups excluding carboxylic acids is 2. The van der Waals surface area contributed by atoms with Gasteiger partial charge in [-0.15, -0.1) is 0 Å². The molecular formula is C20H14ClN3O6. The molecule has 0 saturated heterocycles. The number of halogens is 1. The fraction of sp³-hybridized carbons (Fsp3) is 0.100. The smallest absolute Gasteiger partial charge is 0.343 e. The molecule has 1 amide bonds. The van der Waals surface area contributed by atoms with Gasteiger partial charge in [0.2, 0.25) is 0 Å². The van der Waals surface area contributed by atoms with Gasteiger partial charge < -0.3 is 9.84 Å². The molecule has 1 N–H and O–H groups in total. The van der Waals surface area contributed by atoms with Crippen LogP contribution in [-0.2, 0) is 9.53 Å². The lowest BCUT2D eigenvalue weighted by Crippen LogP contribution is -2.16. The fourth-order valence-electron chi connectivity index (χ4n) is 2.85. The average Bonchev–Trinajstić information content (AvgIpc) is 3.06. The number of aliphatic hydroxyl groups excluding tert-OH is 1. The van der Waals surface area contributed by atoms with Crippen molar-refractivity contribution < 1.29 is 24.4 Å². The lowest BCUT2D eigenvalue weighted by Gasteiger charge is -2.07. The molecule has 0 aliphatic carbocycles. The Bertz CT molecular complexity index is 1180. The second-order valence-electron chi connectivity index (χ2n) is 6.12. The first-order valence-corrected chi connectivity index (χ1v) is 8.86. The summed E-state index contributed by atoms with van der Waals surface area (Å²) in [5, 5.41) is 21.0. The first-order chi connectivity index (χ1) is 14.2. The Morgan fingerprint density at radius 3 is 2.47 bits per heavy atom. The minimum atomic E-state index is -0.845. The Morgan fingerprint density at radius 1 is 1.20 bits per heavy atom. The van der Waals surface area contributed by atoms with E-state index in [4.69, 9.17) is 16.3 Å². The third-order valence-electron chi connectivity index (χ3n) is 4.23. The number of benzene rings is 2. The average molecular weight is 428 g/mol. The topological polar surface area (TPSA) is 131 Å². The number of hydrogen-bond acceptors (Lipinski definition) is 6. The maximum absolute atomic E-state index is 12.7. The molecule has 30 heavy (non-hydrogen) atoms. The van der Waals surface area contributed by atoms with Crippen LogP contribution in [0.2, 0.25) is 5.02 Å². The van der Waals surface area contributed by atoms with Gasteiger partial charge in [0.1, 0.15) is 11.3 Å². The molecule has 0 atom stereocenters. The summed E-state index contributed by atoms with van der Waals surface area (Å²) in [6.07, 6.45) is 0. The molecule has 1 heterocycles. The van der Waals surface area contributed by atoms with Crippen molar-refractivity contribution >= 4 is 40.7 Å². The van der Waals surface area contributed by atoms with Crippen molar-refractivity contribution in [2.24, 2.45) is 9.98 Å². The lowest BCUT2D eigenvalue weighted by atomic mass is 9.99. The number of fused-ring (bicyclic) bond motifs is 1. The maximum atomic E-state index is 12.7. The summed E-state index contributed by atoms with van der Waals surface area (Å²) in [5.74, 6) is -2.00. The van der Waals surface area contributed by atoms with E-state index in [1.807, 2.05) is 0 Å². The number of aliphatic hydroxyl groups is 1. The van der Waals surface area contributed by atoms with Gasteiger partial charge in [0.25, 0.3) is 11.6 Å². The number of carbonyl (C=O) groups is 2. The number of nitrogens with zero attached hydrogens (tertiary/aromatic N) is 3. The highest BCUT2D eigenvalue weighted by Gasteiger charge is 2.30. The van der Waals surface area contributed by atoms with Crippen LogP contribution in [0.4, 0.5) is 5.69 Å². The van der Waals surface area contributed by atoms with Crippen LogP contribution in [-0.4, -0.2) is 40.6 Å². The number of aliphatic imine (C=N–C) groups is 2. The minimum absolute atomic E-state index is 0.00761. The van der Waals surface area contributed by atoms with Crippen molar-refractivity contribution in [2.45, 2.75) is 6.92 Å². The highest BCUT2D eigenvalue weighted by Crippen LogP contribution is 2.27. The van der Waals surface area contributed by atoms with E-state index >= 15 is 0 Å². The number of ether oxygens (including phenoxy) is 1. The lowest BCUT2D eigenvalue weighted by molar-refractivity contribution is -0.384. The van der Waals surface area contributed by atoms with Crippen molar-refractivity contribution in [1.82, 2.24) is 0 Å². The molecule has 3 rings (SSSR count). The molecule has 10 heteroatoms. The summed E-state index contributed by atoms with van der Waals surface area (Å²) >= 11 is 6.01. The third-order valence-corrected chi connectivity index (χ3v) is 4.56. The van der Waals surface area contributed by atoms with Gasteiger partial charge >= 0.3 is 5.97 Å². The van der Waals surface area contributed by atoms with Crippen LogP contribution in [0.1, 0.15) is 28.4 Å². The number of non-ortho nitro benzene ring substituents is 1. The second kappa shape index (κ2) is 8.26. The molecule has 0 saturated carbocycles. The number of nitro groups is 1. The summed E-state index contributed by atoms with van der Waals surface area (Å²) in [7, 11) is 1.16. The van der Waals surface area contributed by atoms with E-state index in [1.54, 1.807) is 24.3 Å². The molecule has 1 aliphatic rings. The van der Waals surface area contributed by atoms with Crippen molar-refractivity contribution in [3.63, 3.8) is 0 Å². The van der Waals surface area contributed by atoms with Crippen LogP contribution >= 0.6 is 11.6 Å². The molecule has 0 radical (unpaired) electrons. The number of amides is 1. The Hall–Kier alpha value is -3.85. The van der Waals surface area contributed by atoms with E-state index in [0.29, 0.717) is 11.1 Å². The van der Waals surface area contributed by atoms with Gasteiger partial charge in [-0.2, -0.15) is 4.99 Å². The Balaban J connectivity index is 2.14. The Morgan fingerprint density at radius 2 is 1.87 bits per heavy atom. The zero-order valence-corrected chi connectivity index (χ0v) is 16.5. The van der Waals surface area contributed by atoms with Crippen LogP contribution in [0.15, 0.2) is 63.8 Å². The van der Waals surface area contributed by atoms with Crippen LogP contribution in [0.5, 0.6) is 0 Å². The van der Waals surface area contributed by atoms with Crippen LogP contribution in [0.25, 0.3) is 0 Å². The highest BCUT2D eigenvalue weighted by molar-refractivity contribution is 6.37. The van der Waals surface area contributed by atoms with Crippen molar-refractivity contribution in [3.05, 3.63) is 85.6 Å². The van der Waals surface area contributed by atoms with Gasteiger partial charge in [-0.1, -0.05) is 35.9 Å². The Labute approximate surface area is 175 Å². The van der Waals surface area contributed by atoms with Crippen molar-refractivity contribution in [1.29, 1.82) is 0 Å². The number of esters is 1. The second-order valence-corrected chi connectivity index (χ2v) is 6.53. The SMILES string of the molecule is COC(=O)/C(C1=NC(=NC(=O)c2cc([N+](=O)[O-])ccc2Cl)c2ccccc21)=C(\C)O. The van der Waals surface area contributed by atoms with E-state index in [-0.39, 0.29) is 39.2 Å². The number of methoxy groups -OCH3 is 1. The standard InChI is InChI=1S/C20H14ClN3O6/c1-10(25)16(20(27)30-2)17-12-5-3-4-6-13(12)18(22-17)23-19(26)14-9-11(24(28)29)7-8-15(14)21/h3-9,25H,1-2H3/b16-10+,23-18?. The quantitative estimate of drug-likeness (QED) is 0.260.